The highest BCUT2D eigenvalue weighted by atomic mass is 35.5. The number of rotatable bonds is 22. The van der Waals surface area contributed by atoms with Gasteiger partial charge < -0.3 is 14.6 Å². The van der Waals surface area contributed by atoms with Crippen molar-refractivity contribution in [3.05, 3.63) is 47.5 Å². The van der Waals surface area contributed by atoms with E-state index < -0.39 is 6.10 Å². The third-order valence-corrected chi connectivity index (χ3v) is 7.38. The fourth-order valence-corrected chi connectivity index (χ4v) is 4.97. The van der Waals surface area contributed by atoms with Gasteiger partial charge in [-0.1, -0.05) is 107 Å². The van der Waals surface area contributed by atoms with Crippen LogP contribution in [0.15, 0.2) is 42.5 Å². The summed E-state index contributed by atoms with van der Waals surface area (Å²) in [6.45, 7) is 3.90. The summed E-state index contributed by atoms with van der Waals surface area (Å²) in [6.07, 6.45) is 17.8. The van der Waals surface area contributed by atoms with Crippen LogP contribution in [0.3, 0.4) is 0 Å². The summed E-state index contributed by atoms with van der Waals surface area (Å²) in [7, 11) is 0. The first-order valence-corrected chi connectivity index (χ1v) is 15.6. The van der Waals surface area contributed by atoms with Gasteiger partial charge in [-0.15, -0.1) is 5.10 Å². The standard InChI is InChI=1S/C32H48ClN3O3/c1-2-3-4-5-6-7-8-9-10-11-12-16-24-39-31-23-18-21-29-32(31)35-36(34-29)26-27(37)19-15-17-25-38-30-22-14-13-20-28(30)33/h13-14,18,20-23,27,37H,2-12,15-17,19,24-26H2,1H3. The molecule has 0 aliphatic rings. The molecule has 1 aromatic heterocycles. The van der Waals surface area contributed by atoms with E-state index in [-0.39, 0.29) is 0 Å². The number of unbranched alkanes of at least 4 members (excludes halogenated alkanes) is 12. The maximum absolute atomic E-state index is 10.5. The van der Waals surface area contributed by atoms with Crippen LogP contribution >= 0.6 is 11.6 Å². The first-order valence-electron chi connectivity index (χ1n) is 15.2. The molecule has 0 aliphatic heterocycles. The second kappa shape index (κ2) is 18.9. The zero-order valence-electron chi connectivity index (χ0n) is 23.8. The highest BCUT2D eigenvalue weighted by molar-refractivity contribution is 6.32. The monoisotopic (exact) mass is 557 g/mol. The number of hydrogen-bond acceptors (Lipinski definition) is 5. The minimum atomic E-state index is -0.516. The summed E-state index contributed by atoms with van der Waals surface area (Å²) in [5, 5.41) is 20.3. The lowest BCUT2D eigenvalue weighted by Gasteiger charge is -2.10. The van der Waals surface area contributed by atoms with Crippen molar-refractivity contribution in [3.63, 3.8) is 0 Å². The number of ether oxygens (including phenoxy) is 2. The number of aromatic nitrogens is 3. The molecule has 1 heterocycles. The van der Waals surface area contributed by atoms with Gasteiger partial charge in [-0.25, -0.2) is 0 Å². The van der Waals surface area contributed by atoms with Crippen molar-refractivity contribution in [1.29, 1.82) is 0 Å². The van der Waals surface area contributed by atoms with Crippen LogP contribution in [0.2, 0.25) is 5.02 Å². The number of benzene rings is 2. The van der Waals surface area contributed by atoms with E-state index in [1.165, 1.54) is 70.6 Å². The Morgan fingerprint density at radius 3 is 2.00 bits per heavy atom. The van der Waals surface area contributed by atoms with Gasteiger partial charge in [0.05, 0.1) is 30.9 Å². The molecule has 0 saturated carbocycles. The topological polar surface area (TPSA) is 69.4 Å². The van der Waals surface area contributed by atoms with Crippen LogP contribution in [0.4, 0.5) is 0 Å². The SMILES string of the molecule is CCCCCCCCCCCCCCOc1cccc2nn(CC(O)CCCCOc3ccccc3Cl)nc12. The Hall–Kier alpha value is -2.31. The van der Waals surface area contributed by atoms with Gasteiger partial charge in [0.2, 0.25) is 0 Å². The van der Waals surface area contributed by atoms with Gasteiger partial charge in [-0.2, -0.15) is 9.90 Å². The minimum Gasteiger partial charge on any atom is -0.492 e. The predicted octanol–water partition coefficient (Wildman–Crippen LogP) is 8.77. The van der Waals surface area contributed by atoms with Gasteiger partial charge in [-0.05, 0) is 49.9 Å². The van der Waals surface area contributed by atoms with Crippen LogP contribution in [0.1, 0.15) is 103 Å². The zero-order chi connectivity index (χ0) is 27.5. The number of aliphatic hydroxyl groups excluding tert-OH is 1. The van der Waals surface area contributed by atoms with E-state index in [2.05, 4.69) is 17.1 Å². The first kappa shape index (κ1) is 31.2. The Morgan fingerprint density at radius 1 is 0.718 bits per heavy atom. The molecule has 3 aromatic rings. The Balaban J connectivity index is 1.27. The number of halogens is 1. The van der Waals surface area contributed by atoms with Crippen LogP contribution < -0.4 is 9.47 Å². The maximum atomic E-state index is 10.5. The number of para-hydroxylation sites is 1. The van der Waals surface area contributed by atoms with E-state index in [4.69, 9.17) is 21.1 Å². The minimum absolute atomic E-state index is 0.359. The van der Waals surface area contributed by atoms with Crippen molar-refractivity contribution in [3.8, 4) is 11.5 Å². The average molecular weight is 558 g/mol. The molecule has 216 valence electrons. The van der Waals surface area contributed by atoms with E-state index in [1.807, 2.05) is 42.5 Å². The quantitative estimate of drug-likeness (QED) is 0.125. The summed E-state index contributed by atoms with van der Waals surface area (Å²) < 4.78 is 11.8. The molecule has 0 spiro atoms. The Labute approximate surface area is 240 Å². The van der Waals surface area contributed by atoms with Crippen LogP contribution in [-0.2, 0) is 6.54 Å². The van der Waals surface area contributed by atoms with Crippen molar-refractivity contribution in [1.82, 2.24) is 15.0 Å². The average Bonchev–Trinajstić information content (AvgIpc) is 3.35. The predicted molar refractivity (Wildman–Crippen MR) is 161 cm³/mol. The molecule has 2 aromatic carbocycles. The smallest absolute Gasteiger partial charge is 0.155 e. The molecule has 1 unspecified atom stereocenters. The molecule has 0 amide bonds. The van der Waals surface area contributed by atoms with E-state index in [0.29, 0.717) is 37.0 Å². The molecular formula is C32H48ClN3O3. The molecule has 39 heavy (non-hydrogen) atoms. The molecule has 0 radical (unpaired) electrons. The van der Waals surface area contributed by atoms with Crippen LogP contribution in [0.5, 0.6) is 11.5 Å². The van der Waals surface area contributed by atoms with Gasteiger partial charge in [0.25, 0.3) is 0 Å². The fraction of sp³-hybridized carbons (Fsp3) is 0.625. The van der Waals surface area contributed by atoms with E-state index in [0.717, 1.165) is 36.0 Å². The normalized spacial score (nSPS) is 12.2. The molecule has 0 aliphatic carbocycles. The van der Waals surface area contributed by atoms with Gasteiger partial charge in [0.15, 0.2) is 5.52 Å². The molecule has 0 bridgehead atoms. The number of hydrogen-bond donors (Lipinski definition) is 1. The third-order valence-electron chi connectivity index (χ3n) is 7.07. The fourth-order valence-electron chi connectivity index (χ4n) is 4.78. The second-order valence-electron chi connectivity index (χ2n) is 10.5. The number of fused-ring (bicyclic) bond motifs is 1. The first-order chi connectivity index (χ1) is 19.2. The molecule has 0 fully saturated rings. The molecule has 6 nitrogen and oxygen atoms in total. The van der Waals surface area contributed by atoms with Crippen molar-refractivity contribution >= 4 is 22.6 Å². The van der Waals surface area contributed by atoms with Gasteiger partial charge in [0.1, 0.15) is 17.0 Å². The molecule has 0 saturated heterocycles. The molecule has 7 heteroatoms. The van der Waals surface area contributed by atoms with Gasteiger partial charge in [-0.3, -0.25) is 0 Å². The van der Waals surface area contributed by atoms with Crippen molar-refractivity contribution < 1.29 is 14.6 Å². The lowest BCUT2D eigenvalue weighted by atomic mass is 10.1. The highest BCUT2D eigenvalue weighted by Gasteiger charge is 2.12. The summed E-state index contributed by atoms with van der Waals surface area (Å²) in [4.78, 5) is 1.59. The molecule has 1 N–H and O–H groups in total. The second-order valence-corrected chi connectivity index (χ2v) is 11.0. The van der Waals surface area contributed by atoms with E-state index in [9.17, 15) is 5.11 Å². The van der Waals surface area contributed by atoms with Crippen LogP contribution in [0.25, 0.3) is 11.0 Å². The Morgan fingerprint density at radius 2 is 1.31 bits per heavy atom. The Kier molecular flexibility index (Phi) is 15.1. The van der Waals surface area contributed by atoms with Crippen LogP contribution in [-0.4, -0.2) is 39.4 Å². The number of nitrogens with zero attached hydrogens (tertiary/aromatic N) is 3. The third kappa shape index (κ3) is 12.2. The Bertz CT molecular complexity index is 1060. The summed E-state index contributed by atoms with van der Waals surface area (Å²) >= 11 is 6.11. The summed E-state index contributed by atoms with van der Waals surface area (Å²) in [5.74, 6) is 1.47. The van der Waals surface area contributed by atoms with E-state index in [1.54, 1.807) is 4.80 Å². The highest BCUT2D eigenvalue weighted by Crippen LogP contribution is 2.24. The zero-order valence-corrected chi connectivity index (χ0v) is 24.6. The molecule has 1 atom stereocenters. The van der Waals surface area contributed by atoms with Crippen molar-refractivity contribution in [2.24, 2.45) is 0 Å². The van der Waals surface area contributed by atoms with E-state index >= 15 is 0 Å². The largest absolute Gasteiger partial charge is 0.492 e. The molecule has 3 rings (SSSR count). The number of aliphatic hydroxyl groups is 1. The molecular weight excluding hydrogens is 510 g/mol. The van der Waals surface area contributed by atoms with Gasteiger partial charge >= 0.3 is 0 Å². The van der Waals surface area contributed by atoms with Crippen LogP contribution in [0, 0.1) is 0 Å². The van der Waals surface area contributed by atoms with Crippen molar-refractivity contribution in [2.75, 3.05) is 13.2 Å². The summed E-state index contributed by atoms with van der Waals surface area (Å²) in [6, 6.07) is 13.3. The van der Waals surface area contributed by atoms with Crippen molar-refractivity contribution in [2.45, 2.75) is 116 Å². The lowest BCUT2D eigenvalue weighted by Crippen LogP contribution is -2.18. The van der Waals surface area contributed by atoms with Gasteiger partial charge in [0, 0.05) is 0 Å². The lowest BCUT2D eigenvalue weighted by molar-refractivity contribution is 0.129. The maximum Gasteiger partial charge on any atom is 0.155 e. The summed E-state index contributed by atoms with van der Waals surface area (Å²) in [5.41, 5.74) is 1.55.